The molecular weight excluding hydrogens is 417 g/mol. The second-order valence-electron chi connectivity index (χ2n) is 7.26. The van der Waals surface area contributed by atoms with Gasteiger partial charge in [-0.2, -0.15) is 0 Å². The Morgan fingerprint density at radius 2 is 1.90 bits per heavy atom. The molecule has 0 aliphatic rings. The number of anilines is 1. The lowest BCUT2D eigenvalue weighted by Crippen LogP contribution is -2.14. The molecule has 6 nitrogen and oxygen atoms in total. The predicted octanol–water partition coefficient (Wildman–Crippen LogP) is 4.96. The Labute approximate surface area is 180 Å². The Bertz CT molecular complexity index is 1380. The summed E-state index contributed by atoms with van der Waals surface area (Å²) in [6, 6.07) is 13.0. The van der Waals surface area contributed by atoms with E-state index in [2.05, 4.69) is 9.71 Å². The van der Waals surface area contributed by atoms with E-state index >= 15 is 0 Å². The number of ether oxygens (including phenoxy) is 1. The quantitative estimate of drug-likeness (QED) is 0.461. The third-order valence-corrected chi connectivity index (χ3v) is 6.27. The van der Waals surface area contributed by atoms with E-state index in [0.717, 1.165) is 34.1 Å². The lowest BCUT2D eigenvalue weighted by molar-refractivity contribution is 0.321. The summed E-state index contributed by atoms with van der Waals surface area (Å²) in [4.78, 5) is 4.45. The van der Waals surface area contributed by atoms with Crippen molar-refractivity contribution in [2.24, 2.45) is 0 Å². The van der Waals surface area contributed by atoms with Crippen molar-refractivity contribution in [3.05, 3.63) is 77.9 Å². The number of nitrogens with one attached hydrogen (secondary N) is 1. The summed E-state index contributed by atoms with van der Waals surface area (Å²) >= 11 is 0. The Kier molecular flexibility index (Phi) is 5.41. The van der Waals surface area contributed by atoms with Crippen molar-refractivity contribution in [2.45, 2.75) is 25.7 Å². The third kappa shape index (κ3) is 4.25. The number of hydrogen-bond donors (Lipinski definition) is 1. The predicted molar refractivity (Wildman–Crippen MR) is 118 cm³/mol. The molecular formula is C23H22FN3O3S. The van der Waals surface area contributed by atoms with Crippen LogP contribution in [0.3, 0.4) is 0 Å². The highest BCUT2D eigenvalue weighted by atomic mass is 32.2. The molecule has 0 aliphatic carbocycles. The minimum Gasteiger partial charge on any atom is -0.491 e. The van der Waals surface area contributed by atoms with Crippen molar-refractivity contribution in [2.75, 3.05) is 11.3 Å². The average molecular weight is 440 g/mol. The summed E-state index contributed by atoms with van der Waals surface area (Å²) in [6.07, 6.45) is 3.82. The van der Waals surface area contributed by atoms with E-state index in [1.807, 2.05) is 48.0 Å². The normalized spacial score (nSPS) is 11.6. The maximum Gasteiger partial charge on any atom is 0.262 e. The van der Waals surface area contributed by atoms with Gasteiger partial charge < -0.3 is 9.14 Å². The Balaban J connectivity index is 1.67. The lowest BCUT2D eigenvalue weighted by Gasteiger charge is -2.13. The first-order chi connectivity index (χ1) is 14.8. The average Bonchev–Trinajstić information content (AvgIpc) is 3.14. The molecule has 0 atom stereocenters. The number of nitrogens with zero attached hydrogens (tertiary/aromatic N) is 2. The molecule has 0 fully saturated rings. The Hall–Kier alpha value is -3.39. The molecule has 4 aromatic rings. The highest BCUT2D eigenvalue weighted by molar-refractivity contribution is 7.92. The maximum absolute atomic E-state index is 14.2. The zero-order valence-corrected chi connectivity index (χ0v) is 18.2. The van der Waals surface area contributed by atoms with Crippen LogP contribution in [0.2, 0.25) is 0 Å². The highest BCUT2D eigenvalue weighted by Gasteiger charge is 2.18. The molecule has 8 heteroatoms. The van der Waals surface area contributed by atoms with E-state index in [0.29, 0.717) is 5.69 Å². The van der Waals surface area contributed by atoms with Crippen LogP contribution < -0.4 is 9.46 Å². The van der Waals surface area contributed by atoms with E-state index in [1.54, 1.807) is 19.9 Å². The van der Waals surface area contributed by atoms with Gasteiger partial charge in [0.15, 0.2) is 11.6 Å². The number of aromatic nitrogens is 2. The van der Waals surface area contributed by atoms with Gasteiger partial charge >= 0.3 is 0 Å². The third-order valence-electron chi connectivity index (χ3n) is 4.91. The molecule has 4 rings (SSSR count). The number of pyridine rings is 1. The number of rotatable bonds is 6. The molecule has 0 saturated heterocycles. The van der Waals surface area contributed by atoms with Crippen LogP contribution in [0.1, 0.15) is 18.1 Å². The molecule has 160 valence electrons. The summed E-state index contributed by atoms with van der Waals surface area (Å²) < 4.78 is 49.5. The number of hydrogen-bond acceptors (Lipinski definition) is 4. The van der Waals surface area contributed by atoms with Crippen molar-refractivity contribution in [1.82, 2.24) is 9.38 Å². The fraction of sp³-hybridized carbons (Fsp3) is 0.174. The molecule has 1 N–H and O–H groups in total. The van der Waals surface area contributed by atoms with Crippen LogP contribution in [-0.4, -0.2) is 24.4 Å². The lowest BCUT2D eigenvalue weighted by atomic mass is 10.1. The number of sulfonamides is 1. The van der Waals surface area contributed by atoms with Crippen molar-refractivity contribution in [3.63, 3.8) is 0 Å². The van der Waals surface area contributed by atoms with Gasteiger partial charge in [0, 0.05) is 18.0 Å². The SMILES string of the molecule is CCOc1ccc(S(=O)(=O)Nc2cc(-c3cn4ccc(C)cc4n3)ccc2C)cc1F. The first-order valence-electron chi connectivity index (χ1n) is 9.78. The summed E-state index contributed by atoms with van der Waals surface area (Å²) in [5.41, 5.74) is 4.53. The molecule has 31 heavy (non-hydrogen) atoms. The van der Waals surface area contributed by atoms with Crippen LogP contribution in [0.15, 0.2) is 65.8 Å². The van der Waals surface area contributed by atoms with Crippen LogP contribution in [0.25, 0.3) is 16.9 Å². The largest absolute Gasteiger partial charge is 0.491 e. The molecule has 0 saturated carbocycles. The van der Waals surface area contributed by atoms with Crippen molar-refractivity contribution < 1.29 is 17.5 Å². The number of benzene rings is 2. The number of halogens is 1. The van der Waals surface area contributed by atoms with Crippen molar-refractivity contribution >= 4 is 21.4 Å². The zero-order chi connectivity index (χ0) is 22.2. The van der Waals surface area contributed by atoms with Crippen molar-refractivity contribution in [3.8, 4) is 17.0 Å². The van der Waals surface area contributed by atoms with Gasteiger partial charge in [-0.1, -0.05) is 12.1 Å². The van der Waals surface area contributed by atoms with Gasteiger partial charge in [0.1, 0.15) is 5.65 Å². The smallest absolute Gasteiger partial charge is 0.262 e. The van der Waals surface area contributed by atoms with E-state index in [1.165, 1.54) is 12.1 Å². The van der Waals surface area contributed by atoms with E-state index in [4.69, 9.17) is 4.74 Å². The topological polar surface area (TPSA) is 72.7 Å². The molecule has 2 aromatic heterocycles. The number of aryl methyl sites for hydroxylation is 2. The fourth-order valence-corrected chi connectivity index (χ4v) is 4.37. The van der Waals surface area contributed by atoms with Crippen LogP contribution in [0.4, 0.5) is 10.1 Å². The molecule has 2 heterocycles. The van der Waals surface area contributed by atoms with Crippen molar-refractivity contribution in [1.29, 1.82) is 0 Å². The van der Waals surface area contributed by atoms with Gasteiger partial charge in [0.25, 0.3) is 10.0 Å². The van der Waals surface area contributed by atoms with E-state index < -0.39 is 15.8 Å². The van der Waals surface area contributed by atoms with Gasteiger partial charge in [-0.15, -0.1) is 0 Å². The van der Waals surface area contributed by atoms with E-state index in [-0.39, 0.29) is 17.3 Å². The van der Waals surface area contributed by atoms with Crippen LogP contribution in [-0.2, 0) is 10.0 Å². The first-order valence-corrected chi connectivity index (χ1v) is 11.3. The summed E-state index contributed by atoms with van der Waals surface area (Å²) in [7, 11) is -3.99. The second-order valence-corrected chi connectivity index (χ2v) is 8.94. The fourth-order valence-electron chi connectivity index (χ4n) is 3.24. The molecule has 0 radical (unpaired) electrons. The zero-order valence-electron chi connectivity index (χ0n) is 17.4. The van der Waals surface area contributed by atoms with Crippen LogP contribution >= 0.6 is 0 Å². The highest BCUT2D eigenvalue weighted by Crippen LogP contribution is 2.28. The first kappa shape index (κ1) is 20.9. The molecule has 0 amide bonds. The summed E-state index contributed by atoms with van der Waals surface area (Å²) in [6.45, 7) is 5.81. The van der Waals surface area contributed by atoms with Gasteiger partial charge in [0.2, 0.25) is 0 Å². The standard InChI is InChI=1S/C23H22FN3O3S/c1-4-30-22-8-7-18(13-19(22)24)31(28,29)26-20-12-17(6-5-16(20)3)21-14-27-10-9-15(2)11-23(27)25-21/h5-14,26H,4H2,1-3H3. The minimum absolute atomic E-state index is 0.0155. The summed E-state index contributed by atoms with van der Waals surface area (Å²) in [5.74, 6) is -0.711. The minimum atomic E-state index is -3.99. The van der Waals surface area contributed by atoms with Gasteiger partial charge in [-0.05, 0) is 68.3 Å². The second kappa shape index (κ2) is 8.03. The molecule has 0 bridgehead atoms. The van der Waals surface area contributed by atoms with Gasteiger partial charge in [-0.3, -0.25) is 4.72 Å². The summed E-state index contributed by atoms with van der Waals surface area (Å²) in [5, 5.41) is 0. The molecule has 0 spiro atoms. The molecule has 0 unspecified atom stereocenters. The van der Waals surface area contributed by atoms with Crippen LogP contribution in [0.5, 0.6) is 5.75 Å². The van der Waals surface area contributed by atoms with Crippen LogP contribution in [0, 0.1) is 19.7 Å². The monoisotopic (exact) mass is 439 g/mol. The number of fused-ring (bicyclic) bond motifs is 1. The Morgan fingerprint density at radius 1 is 1.10 bits per heavy atom. The van der Waals surface area contributed by atoms with Gasteiger partial charge in [-0.25, -0.2) is 17.8 Å². The molecule has 2 aromatic carbocycles. The maximum atomic E-state index is 14.2. The van der Waals surface area contributed by atoms with E-state index in [9.17, 15) is 12.8 Å². The van der Waals surface area contributed by atoms with Gasteiger partial charge in [0.05, 0.1) is 22.9 Å². The molecule has 0 aliphatic heterocycles. The number of imidazole rings is 1. The Morgan fingerprint density at radius 3 is 2.65 bits per heavy atom.